The van der Waals surface area contributed by atoms with Gasteiger partial charge in [0.1, 0.15) is 15.7 Å². The van der Waals surface area contributed by atoms with Crippen molar-refractivity contribution in [2.75, 3.05) is 17.6 Å². The number of hydrogen-bond donors (Lipinski definition) is 4. The molecule has 0 aromatic carbocycles. The highest BCUT2D eigenvalue weighted by molar-refractivity contribution is 7.19. The van der Waals surface area contributed by atoms with Crippen molar-refractivity contribution >= 4 is 33.8 Å². The van der Waals surface area contributed by atoms with Gasteiger partial charge in [-0.25, -0.2) is 4.98 Å². The monoisotopic (exact) mass is 308 g/mol. The highest BCUT2D eigenvalue weighted by Gasteiger charge is 2.22. The van der Waals surface area contributed by atoms with Gasteiger partial charge in [-0.2, -0.15) is 0 Å². The van der Waals surface area contributed by atoms with E-state index in [1.165, 1.54) is 0 Å². The number of nitrogens with two attached hydrogens (primary N) is 3. The lowest BCUT2D eigenvalue weighted by Crippen LogP contribution is -2.17. The molecule has 21 heavy (non-hydrogen) atoms. The fourth-order valence-electron chi connectivity index (χ4n) is 1.92. The number of anilines is 2. The van der Waals surface area contributed by atoms with Gasteiger partial charge in [0.05, 0.1) is 11.3 Å². The van der Waals surface area contributed by atoms with E-state index in [9.17, 15) is 9.59 Å². The number of nitrogen functional groups attached to an aromatic ring is 1. The van der Waals surface area contributed by atoms with Crippen LogP contribution in [0.15, 0.2) is 12.4 Å². The van der Waals surface area contributed by atoms with Crippen molar-refractivity contribution in [3.63, 3.8) is 0 Å². The molecule has 2 amide bonds. The zero-order valence-electron chi connectivity index (χ0n) is 11.4. The van der Waals surface area contributed by atoms with Crippen molar-refractivity contribution in [3.05, 3.63) is 28.7 Å². The second kappa shape index (κ2) is 5.83. The fourth-order valence-corrected chi connectivity index (χ4v) is 2.92. The molecule has 2 rings (SSSR count). The van der Waals surface area contributed by atoms with Crippen LogP contribution < -0.4 is 22.5 Å². The van der Waals surface area contributed by atoms with Crippen molar-refractivity contribution in [2.24, 2.45) is 18.5 Å². The van der Waals surface area contributed by atoms with Crippen molar-refractivity contribution in [3.8, 4) is 0 Å². The van der Waals surface area contributed by atoms with E-state index in [0.29, 0.717) is 18.0 Å². The Morgan fingerprint density at radius 1 is 1.38 bits per heavy atom. The van der Waals surface area contributed by atoms with Gasteiger partial charge in [-0.1, -0.05) is 0 Å². The van der Waals surface area contributed by atoms with Gasteiger partial charge in [-0.15, -0.1) is 11.3 Å². The molecule has 2 heterocycles. The highest BCUT2D eigenvalue weighted by Crippen LogP contribution is 2.35. The third-order valence-corrected chi connectivity index (χ3v) is 4.15. The molecule has 112 valence electrons. The Bertz CT molecular complexity index is 690. The van der Waals surface area contributed by atoms with E-state index in [4.69, 9.17) is 17.2 Å². The summed E-state index contributed by atoms with van der Waals surface area (Å²) in [5.41, 5.74) is 16.4. The van der Waals surface area contributed by atoms with Gasteiger partial charge in [-0.3, -0.25) is 9.59 Å². The van der Waals surface area contributed by atoms with Crippen LogP contribution >= 0.6 is 11.3 Å². The number of rotatable bonds is 6. The first-order valence-corrected chi connectivity index (χ1v) is 6.95. The lowest BCUT2D eigenvalue weighted by molar-refractivity contribution is 0.0999. The maximum Gasteiger partial charge on any atom is 0.260 e. The van der Waals surface area contributed by atoms with Gasteiger partial charge >= 0.3 is 0 Å². The minimum Gasteiger partial charge on any atom is -0.397 e. The van der Waals surface area contributed by atoms with E-state index in [1.807, 2.05) is 17.8 Å². The molecular weight excluding hydrogens is 292 g/mol. The first kappa shape index (κ1) is 14.9. The molecule has 9 heteroatoms. The van der Waals surface area contributed by atoms with Gasteiger partial charge in [0.25, 0.3) is 11.8 Å². The normalized spacial score (nSPS) is 10.5. The number of carbonyl (C=O) groups excluding carboxylic acids is 2. The molecule has 0 aliphatic rings. The Labute approximate surface area is 124 Å². The van der Waals surface area contributed by atoms with Crippen LogP contribution in [0.2, 0.25) is 0 Å². The van der Waals surface area contributed by atoms with E-state index in [1.54, 1.807) is 6.20 Å². The van der Waals surface area contributed by atoms with Crippen LogP contribution in [0.1, 0.15) is 25.9 Å². The average molecular weight is 308 g/mol. The van der Waals surface area contributed by atoms with Crippen LogP contribution in [-0.2, 0) is 13.5 Å². The Morgan fingerprint density at radius 2 is 2.10 bits per heavy atom. The molecule has 0 atom stereocenters. The summed E-state index contributed by atoms with van der Waals surface area (Å²) in [7, 11) is 1.89. The quantitative estimate of drug-likeness (QED) is 0.590. The molecule has 2 aromatic rings. The molecule has 7 N–H and O–H groups in total. The number of aryl methyl sites for hydroxylation is 1. The zero-order chi connectivity index (χ0) is 15.6. The van der Waals surface area contributed by atoms with Crippen molar-refractivity contribution in [1.29, 1.82) is 0 Å². The summed E-state index contributed by atoms with van der Waals surface area (Å²) < 4.78 is 1.90. The van der Waals surface area contributed by atoms with Gasteiger partial charge in [-0.05, 0) is 0 Å². The molecule has 0 saturated heterocycles. The van der Waals surface area contributed by atoms with Crippen LogP contribution in [0.3, 0.4) is 0 Å². The number of thiophene rings is 1. The molecular formula is C12H16N6O2S. The number of imidazole rings is 1. The highest BCUT2D eigenvalue weighted by atomic mass is 32.1. The van der Waals surface area contributed by atoms with Crippen molar-refractivity contribution in [2.45, 2.75) is 6.42 Å². The number of primary amides is 2. The summed E-state index contributed by atoms with van der Waals surface area (Å²) in [5.74, 6) is -0.490. The standard InChI is InChI=1S/C12H16N6O2S/c1-18-5-4-16-6(18)2-3-17-12-7(10(14)19)8(13)9(21-12)11(15)20/h4-5,17H,2-3,13H2,1H3,(H2,14,19)(H2,15,20). The number of amides is 2. The maximum atomic E-state index is 11.5. The summed E-state index contributed by atoms with van der Waals surface area (Å²) in [4.78, 5) is 27.1. The Balaban J connectivity index is 2.16. The molecule has 0 aliphatic carbocycles. The number of aromatic nitrogens is 2. The molecule has 0 fully saturated rings. The average Bonchev–Trinajstić information content (AvgIpc) is 2.94. The van der Waals surface area contributed by atoms with Crippen LogP contribution in [0.4, 0.5) is 10.7 Å². The molecule has 0 spiro atoms. The molecule has 8 nitrogen and oxygen atoms in total. The predicted octanol–water partition coefficient (Wildman–Crippen LogP) is -0.0838. The Kier molecular flexibility index (Phi) is 4.13. The fraction of sp³-hybridized carbons (Fsp3) is 0.250. The first-order chi connectivity index (χ1) is 9.91. The van der Waals surface area contributed by atoms with Crippen LogP contribution in [0.25, 0.3) is 0 Å². The van der Waals surface area contributed by atoms with Crippen molar-refractivity contribution < 1.29 is 9.59 Å². The van der Waals surface area contributed by atoms with Crippen LogP contribution in [0.5, 0.6) is 0 Å². The SMILES string of the molecule is Cn1ccnc1CCNc1sc(C(N)=O)c(N)c1C(N)=O. The van der Waals surface area contributed by atoms with Crippen molar-refractivity contribution in [1.82, 2.24) is 9.55 Å². The Hall–Kier alpha value is -2.55. The number of nitrogens with one attached hydrogen (secondary N) is 1. The van der Waals surface area contributed by atoms with Gasteiger partial charge in [0.2, 0.25) is 0 Å². The lowest BCUT2D eigenvalue weighted by Gasteiger charge is -2.06. The number of hydrogen-bond acceptors (Lipinski definition) is 6. The molecule has 2 aromatic heterocycles. The van der Waals surface area contributed by atoms with E-state index < -0.39 is 11.8 Å². The van der Waals surface area contributed by atoms with Crippen LogP contribution in [0, 0.1) is 0 Å². The van der Waals surface area contributed by atoms with E-state index in [0.717, 1.165) is 17.2 Å². The van der Waals surface area contributed by atoms with Crippen LogP contribution in [-0.4, -0.2) is 27.9 Å². The summed E-state index contributed by atoms with van der Waals surface area (Å²) in [6.45, 7) is 0.517. The zero-order valence-corrected chi connectivity index (χ0v) is 12.2. The topological polar surface area (TPSA) is 142 Å². The summed E-state index contributed by atoms with van der Waals surface area (Å²) in [6.07, 6.45) is 4.20. The van der Waals surface area contributed by atoms with Gasteiger partial charge < -0.3 is 27.1 Å². The molecule has 0 radical (unpaired) electrons. The number of nitrogens with zero attached hydrogens (tertiary/aromatic N) is 2. The van der Waals surface area contributed by atoms with E-state index in [-0.39, 0.29) is 16.1 Å². The maximum absolute atomic E-state index is 11.5. The third kappa shape index (κ3) is 2.97. The smallest absolute Gasteiger partial charge is 0.260 e. The number of carbonyl (C=O) groups is 2. The minimum atomic E-state index is -0.698. The van der Waals surface area contributed by atoms with Gasteiger partial charge in [0.15, 0.2) is 0 Å². The second-order valence-electron chi connectivity index (χ2n) is 4.41. The molecule has 0 aliphatic heterocycles. The molecule has 0 unspecified atom stereocenters. The summed E-state index contributed by atoms with van der Waals surface area (Å²) in [6, 6.07) is 0. The molecule has 0 bridgehead atoms. The summed E-state index contributed by atoms with van der Waals surface area (Å²) >= 11 is 1.03. The lowest BCUT2D eigenvalue weighted by atomic mass is 10.2. The summed E-state index contributed by atoms with van der Waals surface area (Å²) in [5, 5.41) is 3.50. The minimum absolute atomic E-state index is 0.0273. The van der Waals surface area contributed by atoms with E-state index in [2.05, 4.69) is 10.3 Å². The predicted molar refractivity (Wildman–Crippen MR) is 81.2 cm³/mol. The van der Waals surface area contributed by atoms with Gasteiger partial charge in [0, 0.05) is 32.4 Å². The molecule has 0 saturated carbocycles. The largest absolute Gasteiger partial charge is 0.397 e. The Morgan fingerprint density at radius 3 is 2.62 bits per heavy atom. The second-order valence-corrected chi connectivity index (χ2v) is 5.43. The third-order valence-electron chi connectivity index (χ3n) is 2.97. The first-order valence-electron chi connectivity index (χ1n) is 6.13. The van der Waals surface area contributed by atoms with E-state index >= 15 is 0 Å².